The summed E-state index contributed by atoms with van der Waals surface area (Å²) in [5, 5.41) is 13.4. The Morgan fingerprint density at radius 3 is 3.14 bits per heavy atom. The molecule has 0 saturated carbocycles. The molecule has 0 aliphatic carbocycles. The van der Waals surface area contributed by atoms with E-state index < -0.39 is 0 Å². The molecule has 1 amide bonds. The molecule has 3 N–H and O–H groups in total. The minimum atomic E-state index is -0.135. The Balaban J connectivity index is 2.02. The number of nitrogens with one attached hydrogen (secondary N) is 2. The number of thiophene rings is 1. The number of aliphatic hydroxyl groups is 1. The third-order valence-electron chi connectivity index (χ3n) is 2.87. The van der Waals surface area contributed by atoms with Crippen LogP contribution in [-0.4, -0.2) is 27.6 Å². The minimum Gasteiger partial charge on any atom is -0.395 e. The molecule has 5 nitrogen and oxygen atoms in total. The maximum absolute atomic E-state index is 12.2. The van der Waals surface area contributed by atoms with Crippen LogP contribution in [-0.2, 0) is 0 Å². The number of carbonyl (C=O) groups excluding carboxylic acids is 1. The highest BCUT2D eigenvalue weighted by Crippen LogP contribution is 2.16. The zero-order chi connectivity index (χ0) is 15.1. The Bertz CT molecular complexity index is 637. The summed E-state index contributed by atoms with van der Waals surface area (Å²) in [5.41, 5.74) is 0.596. The summed E-state index contributed by atoms with van der Waals surface area (Å²) >= 11 is 1.42. The summed E-state index contributed by atoms with van der Waals surface area (Å²) < 4.78 is 0. The monoisotopic (exact) mass is 303 g/mol. The lowest BCUT2D eigenvalue weighted by molar-refractivity contribution is 0.0934. The Hall–Kier alpha value is -2.10. The van der Waals surface area contributed by atoms with Gasteiger partial charge in [0.15, 0.2) is 0 Å². The number of nitrogens with zero attached hydrogens (tertiary/aromatic N) is 1. The van der Waals surface area contributed by atoms with E-state index in [1.165, 1.54) is 11.3 Å². The van der Waals surface area contributed by atoms with Gasteiger partial charge in [-0.05, 0) is 12.5 Å². The number of aliphatic hydroxyl groups excluding tert-OH is 1. The Morgan fingerprint density at radius 2 is 2.48 bits per heavy atom. The highest BCUT2D eigenvalue weighted by Gasteiger charge is 2.16. The maximum Gasteiger partial charge on any atom is 0.252 e. The number of rotatable bonds is 5. The average Bonchev–Trinajstić information content (AvgIpc) is 3.16. The van der Waals surface area contributed by atoms with Gasteiger partial charge in [0.05, 0.1) is 23.1 Å². The van der Waals surface area contributed by atoms with Gasteiger partial charge in [0.2, 0.25) is 0 Å². The molecule has 0 aromatic carbocycles. The molecule has 110 valence electrons. The lowest BCUT2D eigenvalue weighted by Crippen LogP contribution is -2.28. The van der Waals surface area contributed by atoms with Gasteiger partial charge < -0.3 is 15.4 Å². The van der Waals surface area contributed by atoms with Gasteiger partial charge in [0, 0.05) is 24.2 Å². The van der Waals surface area contributed by atoms with Crippen molar-refractivity contribution in [3.8, 4) is 11.8 Å². The van der Waals surface area contributed by atoms with E-state index in [1.807, 2.05) is 6.92 Å². The van der Waals surface area contributed by atoms with Crippen LogP contribution in [0.2, 0.25) is 0 Å². The molecule has 0 aliphatic heterocycles. The van der Waals surface area contributed by atoms with Crippen LogP contribution in [0.3, 0.4) is 0 Å². The van der Waals surface area contributed by atoms with Crippen LogP contribution in [0.1, 0.15) is 46.9 Å². The van der Waals surface area contributed by atoms with Crippen LogP contribution in [0.15, 0.2) is 23.8 Å². The van der Waals surface area contributed by atoms with Crippen LogP contribution in [0.5, 0.6) is 0 Å². The molecule has 6 heteroatoms. The zero-order valence-electron chi connectivity index (χ0n) is 11.7. The number of hydrogen-bond donors (Lipinski definition) is 3. The van der Waals surface area contributed by atoms with Crippen LogP contribution in [0, 0.1) is 11.8 Å². The Morgan fingerprint density at radius 1 is 1.62 bits per heavy atom. The molecule has 21 heavy (non-hydrogen) atoms. The zero-order valence-corrected chi connectivity index (χ0v) is 12.5. The number of aromatic nitrogens is 2. The highest BCUT2D eigenvalue weighted by molar-refractivity contribution is 7.10. The van der Waals surface area contributed by atoms with Crippen LogP contribution >= 0.6 is 11.3 Å². The Labute approximate surface area is 127 Å². The number of H-pyrrole nitrogens is 1. The predicted molar refractivity (Wildman–Crippen MR) is 82.0 cm³/mol. The molecule has 0 aliphatic rings. The van der Waals surface area contributed by atoms with Crippen molar-refractivity contribution < 1.29 is 9.90 Å². The molecule has 2 heterocycles. The van der Waals surface area contributed by atoms with Gasteiger partial charge in [-0.15, -0.1) is 11.3 Å². The van der Waals surface area contributed by atoms with Crippen LogP contribution in [0.25, 0.3) is 0 Å². The van der Waals surface area contributed by atoms with Crippen LogP contribution in [0.4, 0.5) is 0 Å². The van der Waals surface area contributed by atoms with Gasteiger partial charge >= 0.3 is 0 Å². The molecule has 0 bridgehead atoms. The van der Waals surface area contributed by atoms with Gasteiger partial charge in [-0.3, -0.25) is 4.79 Å². The van der Waals surface area contributed by atoms with E-state index >= 15 is 0 Å². The van der Waals surface area contributed by atoms with Crippen molar-refractivity contribution in [1.82, 2.24) is 15.3 Å². The molecule has 0 fully saturated rings. The van der Waals surface area contributed by atoms with Crippen molar-refractivity contribution in [3.63, 3.8) is 0 Å². The fraction of sp³-hybridized carbons (Fsp3) is 0.333. The first-order valence-corrected chi connectivity index (χ1v) is 7.61. The standard InChI is InChI=1S/C15H17N3O2S/c1-2-13(14-16-6-7-17-14)18-15(20)11-9-12(21-10-11)5-3-4-8-19/h6-7,9-10,13,19H,2,4,8H2,1H3,(H,16,17)(H,18,20). The first kappa shape index (κ1) is 15.3. The van der Waals surface area contributed by atoms with Crippen molar-refractivity contribution in [1.29, 1.82) is 0 Å². The van der Waals surface area contributed by atoms with Gasteiger partial charge in [0.1, 0.15) is 5.82 Å². The minimum absolute atomic E-state index is 0.0487. The molecule has 2 aromatic heterocycles. The summed E-state index contributed by atoms with van der Waals surface area (Å²) in [6.07, 6.45) is 4.61. The second kappa shape index (κ2) is 7.62. The van der Waals surface area contributed by atoms with E-state index in [-0.39, 0.29) is 18.6 Å². The lowest BCUT2D eigenvalue weighted by atomic mass is 10.2. The van der Waals surface area contributed by atoms with Gasteiger partial charge in [-0.25, -0.2) is 4.98 Å². The second-order valence-corrected chi connectivity index (χ2v) is 5.29. The first-order valence-electron chi connectivity index (χ1n) is 6.73. The van der Waals surface area contributed by atoms with E-state index in [2.05, 4.69) is 27.1 Å². The molecule has 0 radical (unpaired) electrons. The van der Waals surface area contributed by atoms with Crippen molar-refractivity contribution in [2.75, 3.05) is 6.61 Å². The largest absolute Gasteiger partial charge is 0.395 e. The number of hydrogen-bond acceptors (Lipinski definition) is 4. The third kappa shape index (κ3) is 4.18. The van der Waals surface area contributed by atoms with Gasteiger partial charge in [-0.2, -0.15) is 0 Å². The molecule has 2 aromatic rings. The van der Waals surface area contributed by atoms with Gasteiger partial charge in [0.25, 0.3) is 5.91 Å². The van der Waals surface area contributed by atoms with E-state index in [4.69, 9.17) is 5.11 Å². The van der Waals surface area contributed by atoms with E-state index in [1.54, 1.807) is 23.8 Å². The number of carbonyl (C=O) groups is 1. The smallest absolute Gasteiger partial charge is 0.252 e. The number of imidazole rings is 1. The summed E-state index contributed by atoms with van der Waals surface area (Å²) in [4.78, 5) is 20.2. The molecule has 0 saturated heterocycles. The summed E-state index contributed by atoms with van der Waals surface area (Å²) in [7, 11) is 0. The first-order chi connectivity index (χ1) is 10.2. The normalized spacial score (nSPS) is 11.5. The quantitative estimate of drug-likeness (QED) is 0.740. The van der Waals surface area contributed by atoms with Crippen LogP contribution < -0.4 is 5.32 Å². The summed E-state index contributed by atoms with van der Waals surface area (Å²) in [6, 6.07) is 1.63. The lowest BCUT2D eigenvalue weighted by Gasteiger charge is -2.13. The topological polar surface area (TPSA) is 78.0 Å². The summed E-state index contributed by atoms with van der Waals surface area (Å²) in [5.74, 6) is 6.39. The van der Waals surface area contributed by atoms with E-state index in [9.17, 15) is 4.79 Å². The number of amides is 1. The Kier molecular flexibility index (Phi) is 5.55. The van der Waals surface area contributed by atoms with E-state index in [0.29, 0.717) is 12.0 Å². The predicted octanol–water partition coefficient (Wildman–Crippen LogP) is 2.09. The summed E-state index contributed by atoms with van der Waals surface area (Å²) in [6.45, 7) is 2.04. The molecular weight excluding hydrogens is 286 g/mol. The number of aromatic amines is 1. The van der Waals surface area contributed by atoms with Crippen molar-refractivity contribution in [2.45, 2.75) is 25.8 Å². The highest BCUT2D eigenvalue weighted by atomic mass is 32.1. The molecule has 0 spiro atoms. The maximum atomic E-state index is 12.2. The van der Waals surface area contributed by atoms with Crippen molar-refractivity contribution in [3.05, 3.63) is 40.1 Å². The molecule has 1 unspecified atom stereocenters. The average molecular weight is 303 g/mol. The molecule has 1 atom stereocenters. The third-order valence-corrected chi connectivity index (χ3v) is 3.72. The van der Waals surface area contributed by atoms with Crippen molar-refractivity contribution >= 4 is 17.2 Å². The van der Waals surface area contributed by atoms with Crippen molar-refractivity contribution in [2.24, 2.45) is 0 Å². The van der Waals surface area contributed by atoms with E-state index in [0.717, 1.165) is 17.1 Å². The van der Waals surface area contributed by atoms with Gasteiger partial charge in [-0.1, -0.05) is 18.8 Å². The molecular formula is C15H17N3O2S. The fourth-order valence-electron chi connectivity index (χ4n) is 1.80. The SMILES string of the molecule is CCC(NC(=O)c1csc(C#CCCO)c1)c1ncc[nH]1. The fourth-order valence-corrected chi connectivity index (χ4v) is 2.55. The second-order valence-electron chi connectivity index (χ2n) is 4.38. The molecule has 2 rings (SSSR count).